The lowest BCUT2D eigenvalue weighted by Crippen LogP contribution is -2.47. The molecule has 0 radical (unpaired) electrons. The zero-order valence-electron chi connectivity index (χ0n) is 14.3. The number of fused-ring (bicyclic) bond motifs is 1. The van der Waals surface area contributed by atoms with Gasteiger partial charge in [0.2, 0.25) is 0 Å². The van der Waals surface area contributed by atoms with Crippen molar-refractivity contribution in [3.8, 4) is 0 Å². The van der Waals surface area contributed by atoms with E-state index in [2.05, 4.69) is 4.90 Å². The van der Waals surface area contributed by atoms with Crippen LogP contribution in [-0.2, 0) is 6.42 Å². The molecule has 2 aromatic carbocycles. The number of anilines is 1. The monoisotopic (exact) mass is 374 g/mol. The maximum atomic E-state index is 14.1. The minimum atomic E-state index is -0.580. The van der Waals surface area contributed by atoms with Crippen LogP contribution in [0.1, 0.15) is 18.4 Å². The van der Waals surface area contributed by atoms with Crippen LogP contribution >= 0.6 is 11.3 Å². The van der Waals surface area contributed by atoms with E-state index in [0.29, 0.717) is 18.5 Å². The normalized spacial score (nSPS) is 20.7. The SMILES string of the molecule is OC[C@@]1(Cc2ccc(F)cc2F)CCCN(c2nc3ccccc3s2)C1. The van der Waals surface area contributed by atoms with Gasteiger partial charge in [-0.25, -0.2) is 13.8 Å². The van der Waals surface area contributed by atoms with E-state index in [4.69, 9.17) is 4.98 Å². The van der Waals surface area contributed by atoms with Gasteiger partial charge in [0.15, 0.2) is 5.13 Å². The van der Waals surface area contributed by atoms with Crippen molar-refractivity contribution in [2.75, 3.05) is 24.6 Å². The first-order valence-corrected chi connectivity index (χ1v) is 9.56. The molecule has 3 aromatic rings. The Bertz CT molecular complexity index is 896. The van der Waals surface area contributed by atoms with E-state index < -0.39 is 17.0 Å². The summed E-state index contributed by atoms with van der Waals surface area (Å²) in [6.07, 6.45) is 2.10. The summed E-state index contributed by atoms with van der Waals surface area (Å²) in [7, 11) is 0. The molecule has 1 N–H and O–H groups in total. The largest absolute Gasteiger partial charge is 0.396 e. The molecule has 1 fully saturated rings. The first-order valence-electron chi connectivity index (χ1n) is 8.74. The highest BCUT2D eigenvalue weighted by Gasteiger charge is 2.36. The molecule has 1 aliphatic rings. The minimum absolute atomic E-state index is 0.0365. The van der Waals surface area contributed by atoms with Gasteiger partial charge in [-0.15, -0.1) is 0 Å². The molecule has 26 heavy (non-hydrogen) atoms. The summed E-state index contributed by atoms with van der Waals surface area (Å²) in [5.74, 6) is -1.13. The van der Waals surface area contributed by atoms with Gasteiger partial charge in [-0.2, -0.15) is 0 Å². The highest BCUT2D eigenvalue weighted by atomic mass is 32.1. The molecular weight excluding hydrogens is 354 g/mol. The smallest absolute Gasteiger partial charge is 0.186 e. The van der Waals surface area contributed by atoms with Gasteiger partial charge in [0.1, 0.15) is 11.6 Å². The second kappa shape index (κ2) is 6.93. The van der Waals surface area contributed by atoms with Crippen molar-refractivity contribution in [3.05, 3.63) is 59.7 Å². The summed E-state index contributed by atoms with van der Waals surface area (Å²) in [6.45, 7) is 1.44. The molecule has 4 rings (SSSR count). The molecule has 0 spiro atoms. The number of benzene rings is 2. The lowest BCUT2D eigenvalue weighted by Gasteiger charge is -2.42. The first kappa shape index (κ1) is 17.4. The number of aliphatic hydroxyl groups excluding tert-OH is 1. The van der Waals surface area contributed by atoms with Crippen LogP contribution in [0.25, 0.3) is 10.2 Å². The van der Waals surface area contributed by atoms with Crippen molar-refractivity contribution < 1.29 is 13.9 Å². The molecule has 1 aromatic heterocycles. The van der Waals surface area contributed by atoms with Gasteiger partial charge in [0, 0.05) is 24.6 Å². The second-order valence-electron chi connectivity index (χ2n) is 7.06. The number of thiazole rings is 1. The summed E-state index contributed by atoms with van der Waals surface area (Å²) < 4.78 is 28.4. The molecule has 3 nitrogen and oxygen atoms in total. The van der Waals surface area contributed by atoms with Crippen molar-refractivity contribution in [1.82, 2.24) is 4.98 Å². The number of aromatic nitrogens is 1. The molecule has 1 saturated heterocycles. The Kier molecular flexibility index (Phi) is 4.63. The van der Waals surface area contributed by atoms with E-state index >= 15 is 0 Å². The number of rotatable bonds is 4. The Morgan fingerprint density at radius 2 is 2.04 bits per heavy atom. The lowest BCUT2D eigenvalue weighted by molar-refractivity contribution is 0.104. The van der Waals surface area contributed by atoms with Crippen molar-refractivity contribution in [3.63, 3.8) is 0 Å². The number of hydrogen-bond donors (Lipinski definition) is 1. The van der Waals surface area contributed by atoms with Crippen molar-refractivity contribution in [2.45, 2.75) is 19.3 Å². The molecule has 6 heteroatoms. The molecular formula is C20H20F2N2OS. The molecule has 1 atom stereocenters. The van der Waals surface area contributed by atoms with Gasteiger partial charge >= 0.3 is 0 Å². The van der Waals surface area contributed by atoms with E-state index in [-0.39, 0.29) is 6.61 Å². The number of piperidine rings is 1. The number of aliphatic hydroxyl groups is 1. The van der Waals surface area contributed by atoms with E-state index in [1.807, 2.05) is 24.3 Å². The van der Waals surface area contributed by atoms with E-state index in [1.165, 1.54) is 12.1 Å². The average molecular weight is 374 g/mol. The van der Waals surface area contributed by atoms with Gasteiger partial charge in [0.25, 0.3) is 0 Å². The summed E-state index contributed by atoms with van der Waals surface area (Å²) >= 11 is 1.64. The minimum Gasteiger partial charge on any atom is -0.396 e. The zero-order chi connectivity index (χ0) is 18.1. The first-order chi connectivity index (χ1) is 12.6. The van der Waals surface area contributed by atoms with Gasteiger partial charge in [-0.1, -0.05) is 29.5 Å². The van der Waals surface area contributed by atoms with Gasteiger partial charge in [0.05, 0.1) is 16.8 Å². The van der Waals surface area contributed by atoms with E-state index in [1.54, 1.807) is 11.3 Å². The third kappa shape index (κ3) is 3.31. The van der Waals surface area contributed by atoms with Crippen molar-refractivity contribution in [1.29, 1.82) is 0 Å². The standard InChI is InChI=1S/C20H20F2N2OS/c21-15-7-6-14(16(22)10-15)11-20(13-25)8-3-9-24(12-20)19-23-17-4-1-2-5-18(17)26-19/h1-2,4-7,10,25H,3,8-9,11-13H2/t20-/m1/s1. The van der Waals surface area contributed by atoms with Crippen LogP contribution in [0.2, 0.25) is 0 Å². The Morgan fingerprint density at radius 1 is 1.19 bits per heavy atom. The fraction of sp³-hybridized carbons (Fsp3) is 0.350. The maximum absolute atomic E-state index is 14.1. The Balaban J connectivity index is 1.60. The molecule has 0 bridgehead atoms. The molecule has 136 valence electrons. The van der Waals surface area contributed by atoms with Crippen molar-refractivity contribution in [2.24, 2.45) is 5.41 Å². The molecule has 1 aliphatic heterocycles. The van der Waals surface area contributed by atoms with Gasteiger partial charge in [-0.05, 0) is 43.0 Å². The molecule has 0 unspecified atom stereocenters. The average Bonchev–Trinajstić information content (AvgIpc) is 3.09. The fourth-order valence-electron chi connectivity index (χ4n) is 3.76. The number of nitrogens with zero attached hydrogens (tertiary/aromatic N) is 2. The maximum Gasteiger partial charge on any atom is 0.186 e. The lowest BCUT2D eigenvalue weighted by atomic mass is 9.76. The summed E-state index contributed by atoms with van der Waals surface area (Å²) in [5.41, 5.74) is 0.971. The van der Waals surface area contributed by atoms with Crippen LogP contribution in [0.15, 0.2) is 42.5 Å². The summed E-state index contributed by atoms with van der Waals surface area (Å²) in [5, 5.41) is 11.0. The van der Waals surface area contributed by atoms with Gasteiger partial charge in [-0.3, -0.25) is 0 Å². The quantitative estimate of drug-likeness (QED) is 0.736. The van der Waals surface area contributed by atoms with E-state index in [9.17, 15) is 13.9 Å². The molecule has 0 saturated carbocycles. The second-order valence-corrected chi connectivity index (χ2v) is 8.07. The van der Waals surface area contributed by atoms with E-state index in [0.717, 1.165) is 40.8 Å². The Morgan fingerprint density at radius 3 is 2.81 bits per heavy atom. The van der Waals surface area contributed by atoms with Crippen molar-refractivity contribution >= 4 is 26.7 Å². The molecule has 2 heterocycles. The van der Waals surface area contributed by atoms with Crippen LogP contribution in [0, 0.1) is 17.0 Å². The number of halogens is 2. The van der Waals surface area contributed by atoms with Crippen LogP contribution in [0.3, 0.4) is 0 Å². The Labute approximate surface area is 154 Å². The van der Waals surface area contributed by atoms with Crippen LogP contribution in [0.4, 0.5) is 13.9 Å². The van der Waals surface area contributed by atoms with Gasteiger partial charge < -0.3 is 10.0 Å². The Hall–Kier alpha value is -2.05. The van der Waals surface area contributed by atoms with Crippen LogP contribution < -0.4 is 4.90 Å². The molecule has 0 amide bonds. The third-order valence-corrected chi connectivity index (χ3v) is 6.23. The number of hydrogen-bond acceptors (Lipinski definition) is 4. The topological polar surface area (TPSA) is 36.4 Å². The fourth-order valence-corrected chi connectivity index (χ4v) is 4.76. The highest BCUT2D eigenvalue weighted by molar-refractivity contribution is 7.22. The predicted octanol–water partition coefficient (Wildman–Crippen LogP) is 4.40. The molecule has 0 aliphatic carbocycles. The zero-order valence-corrected chi connectivity index (χ0v) is 15.1. The summed E-state index contributed by atoms with van der Waals surface area (Å²) in [4.78, 5) is 6.90. The third-order valence-electron chi connectivity index (χ3n) is 5.13. The summed E-state index contributed by atoms with van der Waals surface area (Å²) in [6, 6.07) is 11.7. The van der Waals surface area contributed by atoms with Crippen LogP contribution in [0.5, 0.6) is 0 Å². The predicted molar refractivity (Wildman–Crippen MR) is 101 cm³/mol. The highest BCUT2D eigenvalue weighted by Crippen LogP contribution is 2.38. The number of para-hydroxylation sites is 1. The van der Waals surface area contributed by atoms with Crippen LogP contribution in [-0.4, -0.2) is 29.8 Å².